The van der Waals surface area contributed by atoms with Crippen molar-refractivity contribution in [3.8, 4) is 0 Å². The summed E-state index contributed by atoms with van der Waals surface area (Å²) in [5.74, 6) is 0.181. The SMILES string of the molecule is O=C(Cc1coc2ccc3ccccc3c12)N1CCN(Cc2ccccc2)CC1. The fraction of sp³-hybridized carbons (Fsp3) is 0.240. The summed E-state index contributed by atoms with van der Waals surface area (Å²) in [5.41, 5.74) is 3.15. The van der Waals surface area contributed by atoms with Crippen LogP contribution in [0.1, 0.15) is 11.1 Å². The molecule has 4 heteroatoms. The van der Waals surface area contributed by atoms with Crippen molar-refractivity contribution in [2.24, 2.45) is 0 Å². The molecule has 3 aromatic carbocycles. The number of benzene rings is 3. The van der Waals surface area contributed by atoms with Gasteiger partial charge < -0.3 is 9.32 Å². The van der Waals surface area contributed by atoms with Gasteiger partial charge in [-0.3, -0.25) is 9.69 Å². The third-order valence-corrected chi connectivity index (χ3v) is 5.86. The van der Waals surface area contributed by atoms with Crippen LogP contribution in [0.4, 0.5) is 0 Å². The normalized spacial score (nSPS) is 15.2. The highest BCUT2D eigenvalue weighted by molar-refractivity contribution is 6.08. The average molecular weight is 384 g/mol. The van der Waals surface area contributed by atoms with Gasteiger partial charge in [0.25, 0.3) is 0 Å². The van der Waals surface area contributed by atoms with Crippen LogP contribution in [-0.4, -0.2) is 41.9 Å². The lowest BCUT2D eigenvalue weighted by Gasteiger charge is -2.34. The Morgan fingerprint density at radius 1 is 0.862 bits per heavy atom. The molecule has 0 bridgehead atoms. The molecular weight excluding hydrogens is 360 g/mol. The summed E-state index contributed by atoms with van der Waals surface area (Å²) < 4.78 is 5.75. The van der Waals surface area contributed by atoms with Gasteiger partial charge in [0, 0.05) is 43.7 Å². The minimum absolute atomic E-state index is 0.181. The van der Waals surface area contributed by atoms with Crippen LogP contribution < -0.4 is 0 Å². The maximum absolute atomic E-state index is 13.0. The molecule has 5 rings (SSSR count). The van der Waals surface area contributed by atoms with Gasteiger partial charge in [-0.25, -0.2) is 0 Å². The van der Waals surface area contributed by atoms with Gasteiger partial charge in [-0.05, 0) is 22.4 Å². The number of carbonyl (C=O) groups is 1. The lowest BCUT2D eigenvalue weighted by Crippen LogP contribution is -2.48. The molecule has 0 radical (unpaired) electrons. The van der Waals surface area contributed by atoms with Crippen molar-refractivity contribution in [3.63, 3.8) is 0 Å². The Morgan fingerprint density at radius 3 is 2.45 bits per heavy atom. The summed E-state index contributed by atoms with van der Waals surface area (Å²) in [6, 6.07) is 22.8. The average Bonchev–Trinajstić information content (AvgIpc) is 3.18. The number of fused-ring (bicyclic) bond motifs is 3. The molecule has 4 nitrogen and oxygen atoms in total. The van der Waals surface area contributed by atoms with Gasteiger partial charge in [0.2, 0.25) is 5.91 Å². The van der Waals surface area contributed by atoms with Crippen LogP contribution in [0.2, 0.25) is 0 Å². The fourth-order valence-corrected chi connectivity index (χ4v) is 4.28. The number of rotatable bonds is 4. The van der Waals surface area contributed by atoms with Gasteiger partial charge in [0.05, 0.1) is 12.7 Å². The number of hydrogen-bond acceptors (Lipinski definition) is 3. The number of furan rings is 1. The van der Waals surface area contributed by atoms with Gasteiger partial charge in [-0.15, -0.1) is 0 Å². The van der Waals surface area contributed by atoms with E-state index in [1.807, 2.05) is 29.2 Å². The van der Waals surface area contributed by atoms with E-state index in [-0.39, 0.29) is 5.91 Å². The van der Waals surface area contributed by atoms with E-state index < -0.39 is 0 Å². The largest absolute Gasteiger partial charge is 0.464 e. The number of nitrogens with zero attached hydrogens (tertiary/aromatic N) is 2. The third-order valence-electron chi connectivity index (χ3n) is 5.86. The van der Waals surface area contributed by atoms with Crippen LogP contribution in [0.15, 0.2) is 77.4 Å². The van der Waals surface area contributed by atoms with Crippen molar-refractivity contribution in [3.05, 3.63) is 84.1 Å². The molecular formula is C25H24N2O2. The third kappa shape index (κ3) is 3.64. The second-order valence-corrected chi connectivity index (χ2v) is 7.74. The monoisotopic (exact) mass is 384 g/mol. The second-order valence-electron chi connectivity index (χ2n) is 7.74. The first-order chi connectivity index (χ1) is 14.3. The van der Waals surface area contributed by atoms with Crippen molar-refractivity contribution < 1.29 is 9.21 Å². The number of amides is 1. The van der Waals surface area contributed by atoms with Crippen molar-refractivity contribution in [2.45, 2.75) is 13.0 Å². The van der Waals surface area contributed by atoms with Crippen molar-refractivity contribution in [1.82, 2.24) is 9.80 Å². The van der Waals surface area contributed by atoms with Gasteiger partial charge >= 0.3 is 0 Å². The van der Waals surface area contributed by atoms with E-state index in [0.717, 1.165) is 54.6 Å². The van der Waals surface area contributed by atoms with E-state index in [1.165, 1.54) is 10.9 Å². The maximum Gasteiger partial charge on any atom is 0.227 e. The lowest BCUT2D eigenvalue weighted by molar-refractivity contribution is -0.132. The molecule has 1 aliphatic rings. The summed E-state index contributed by atoms with van der Waals surface area (Å²) >= 11 is 0. The summed E-state index contributed by atoms with van der Waals surface area (Å²) in [5, 5.41) is 3.39. The molecule has 0 unspecified atom stereocenters. The van der Waals surface area contributed by atoms with Crippen LogP contribution in [0, 0.1) is 0 Å². The van der Waals surface area contributed by atoms with Gasteiger partial charge in [0.15, 0.2) is 0 Å². The van der Waals surface area contributed by atoms with Gasteiger partial charge in [-0.2, -0.15) is 0 Å². The van der Waals surface area contributed by atoms with Gasteiger partial charge in [-0.1, -0.05) is 60.7 Å². The first-order valence-electron chi connectivity index (χ1n) is 10.2. The molecule has 0 N–H and O–H groups in total. The highest BCUT2D eigenvalue weighted by atomic mass is 16.3. The van der Waals surface area contributed by atoms with Crippen LogP contribution >= 0.6 is 0 Å². The molecule has 1 aromatic heterocycles. The van der Waals surface area contributed by atoms with Gasteiger partial charge in [0.1, 0.15) is 5.58 Å². The Balaban J connectivity index is 1.27. The standard InChI is InChI=1S/C25H24N2O2/c28-24(27-14-12-26(13-15-27)17-19-6-2-1-3-7-19)16-21-18-29-23-11-10-20-8-4-5-9-22(20)25(21)23/h1-11,18H,12-17H2. The Labute approximate surface area is 170 Å². The Kier molecular flexibility index (Phi) is 4.78. The van der Waals surface area contributed by atoms with E-state index in [4.69, 9.17) is 4.42 Å². The number of piperazine rings is 1. The molecule has 2 heterocycles. The quantitative estimate of drug-likeness (QED) is 0.521. The molecule has 0 saturated carbocycles. The Hall–Kier alpha value is -3.11. The predicted octanol–water partition coefficient (Wildman–Crippen LogP) is 4.47. The van der Waals surface area contributed by atoms with Crippen LogP contribution in [0.25, 0.3) is 21.7 Å². The summed E-state index contributed by atoms with van der Waals surface area (Å²) in [7, 11) is 0. The molecule has 1 fully saturated rings. The summed E-state index contributed by atoms with van der Waals surface area (Å²) in [6.07, 6.45) is 2.14. The Bertz CT molecular complexity index is 1140. The topological polar surface area (TPSA) is 36.7 Å². The van der Waals surface area contributed by atoms with E-state index in [0.29, 0.717) is 6.42 Å². The van der Waals surface area contributed by atoms with E-state index >= 15 is 0 Å². The fourth-order valence-electron chi connectivity index (χ4n) is 4.28. The lowest BCUT2D eigenvalue weighted by atomic mass is 10.0. The van der Waals surface area contributed by atoms with Crippen LogP contribution in [-0.2, 0) is 17.8 Å². The minimum Gasteiger partial charge on any atom is -0.464 e. The zero-order chi connectivity index (χ0) is 19.6. The van der Waals surface area contributed by atoms with Crippen molar-refractivity contribution in [2.75, 3.05) is 26.2 Å². The first-order valence-corrected chi connectivity index (χ1v) is 10.2. The molecule has 4 aromatic rings. The number of carbonyl (C=O) groups excluding carboxylic acids is 1. The molecule has 0 aliphatic carbocycles. The number of hydrogen-bond donors (Lipinski definition) is 0. The zero-order valence-corrected chi connectivity index (χ0v) is 16.4. The molecule has 146 valence electrons. The van der Waals surface area contributed by atoms with Crippen molar-refractivity contribution >= 4 is 27.6 Å². The maximum atomic E-state index is 13.0. The predicted molar refractivity (Wildman–Crippen MR) is 116 cm³/mol. The molecule has 29 heavy (non-hydrogen) atoms. The van der Waals surface area contributed by atoms with E-state index in [9.17, 15) is 4.79 Å². The van der Waals surface area contributed by atoms with Crippen molar-refractivity contribution in [1.29, 1.82) is 0 Å². The minimum atomic E-state index is 0.181. The molecule has 1 saturated heterocycles. The van der Waals surface area contributed by atoms with E-state index in [2.05, 4.69) is 47.4 Å². The smallest absolute Gasteiger partial charge is 0.227 e. The molecule has 0 atom stereocenters. The highest BCUT2D eigenvalue weighted by Crippen LogP contribution is 2.30. The van der Waals surface area contributed by atoms with Crippen LogP contribution in [0.5, 0.6) is 0 Å². The highest BCUT2D eigenvalue weighted by Gasteiger charge is 2.22. The van der Waals surface area contributed by atoms with Crippen LogP contribution in [0.3, 0.4) is 0 Å². The Morgan fingerprint density at radius 2 is 1.62 bits per heavy atom. The molecule has 1 amide bonds. The molecule has 1 aliphatic heterocycles. The van der Waals surface area contributed by atoms with E-state index in [1.54, 1.807) is 6.26 Å². The molecule has 0 spiro atoms. The zero-order valence-electron chi connectivity index (χ0n) is 16.4. The first kappa shape index (κ1) is 18.0. The second kappa shape index (κ2) is 7.72. The summed E-state index contributed by atoms with van der Waals surface area (Å²) in [6.45, 7) is 4.33. The summed E-state index contributed by atoms with van der Waals surface area (Å²) in [4.78, 5) is 17.4.